The molecule has 1 amide bonds. The van der Waals surface area contributed by atoms with Crippen LogP contribution in [0.15, 0.2) is 36.4 Å². The molecule has 27 heavy (non-hydrogen) atoms. The lowest BCUT2D eigenvalue weighted by Gasteiger charge is -2.26. The van der Waals surface area contributed by atoms with Crippen molar-refractivity contribution >= 4 is 23.5 Å². The molecule has 0 aliphatic rings. The third-order valence-corrected chi connectivity index (χ3v) is 4.50. The minimum atomic E-state index is -0.444. The number of rotatable bonds is 7. The molecule has 2 aromatic rings. The predicted molar refractivity (Wildman–Crippen MR) is 105 cm³/mol. The van der Waals surface area contributed by atoms with Crippen LogP contribution in [0.4, 0.5) is 0 Å². The number of aromatic nitrogens is 1. The predicted octanol–water partition coefficient (Wildman–Crippen LogP) is 3.25. The summed E-state index contributed by atoms with van der Waals surface area (Å²) in [5.41, 5.74) is 2.00. The lowest BCUT2D eigenvalue weighted by molar-refractivity contribution is 0.0524. The van der Waals surface area contributed by atoms with Crippen LogP contribution in [0, 0.1) is 6.92 Å². The van der Waals surface area contributed by atoms with Crippen LogP contribution >= 0.6 is 11.6 Å². The zero-order chi connectivity index (χ0) is 20.0. The maximum absolute atomic E-state index is 12.5. The number of carbonyl (C=O) groups is 2. The summed E-state index contributed by atoms with van der Waals surface area (Å²) in [5.74, 6) is -0.756. The van der Waals surface area contributed by atoms with Crippen LogP contribution in [0.1, 0.15) is 45.1 Å². The molecule has 1 heterocycles. The van der Waals surface area contributed by atoms with E-state index in [4.69, 9.17) is 16.3 Å². The first-order chi connectivity index (χ1) is 12.8. The summed E-state index contributed by atoms with van der Waals surface area (Å²) < 4.78 is 4.98. The van der Waals surface area contributed by atoms with Gasteiger partial charge in [-0.15, -0.1) is 0 Å². The van der Waals surface area contributed by atoms with Crippen LogP contribution in [0.2, 0.25) is 5.02 Å². The van der Waals surface area contributed by atoms with E-state index < -0.39 is 5.97 Å². The molecule has 1 aromatic heterocycles. The van der Waals surface area contributed by atoms with Crippen molar-refractivity contribution in [3.05, 3.63) is 63.9 Å². The molecule has 0 saturated carbocycles. The van der Waals surface area contributed by atoms with Gasteiger partial charge in [0.25, 0.3) is 5.91 Å². The molecular formula is C20H24ClN3O3. The quantitative estimate of drug-likeness (QED) is 0.736. The molecule has 7 heteroatoms. The average Bonchev–Trinajstić information content (AvgIpc) is 2.62. The van der Waals surface area contributed by atoms with Crippen molar-refractivity contribution in [2.45, 2.75) is 19.9 Å². The minimum absolute atomic E-state index is 0.0810. The summed E-state index contributed by atoms with van der Waals surface area (Å²) in [6.07, 6.45) is 0. The molecular weight excluding hydrogens is 366 g/mol. The topological polar surface area (TPSA) is 71.5 Å². The molecule has 0 fully saturated rings. The first-order valence-corrected chi connectivity index (χ1v) is 9.06. The van der Waals surface area contributed by atoms with E-state index in [1.807, 2.05) is 43.3 Å². The van der Waals surface area contributed by atoms with Gasteiger partial charge in [0.05, 0.1) is 23.9 Å². The van der Waals surface area contributed by atoms with Gasteiger partial charge in [-0.1, -0.05) is 29.8 Å². The molecule has 1 aromatic carbocycles. The number of nitrogens with one attached hydrogen (secondary N) is 1. The van der Waals surface area contributed by atoms with E-state index in [2.05, 4.69) is 10.3 Å². The number of hydrogen-bond acceptors (Lipinski definition) is 5. The van der Waals surface area contributed by atoms with Gasteiger partial charge in [0.15, 0.2) is 0 Å². The molecule has 0 spiro atoms. The number of pyridine rings is 1. The van der Waals surface area contributed by atoms with Crippen molar-refractivity contribution < 1.29 is 14.3 Å². The van der Waals surface area contributed by atoms with Crippen molar-refractivity contribution in [3.8, 4) is 0 Å². The van der Waals surface area contributed by atoms with Gasteiger partial charge in [-0.25, -0.2) is 9.78 Å². The molecule has 1 atom stereocenters. The molecule has 144 valence electrons. The normalized spacial score (nSPS) is 11.9. The molecule has 0 aliphatic heterocycles. The number of hydrogen-bond donors (Lipinski definition) is 1. The van der Waals surface area contributed by atoms with Crippen molar-refractivity contribution in [3.63, 3.8) is 0 Å². The first kappa shape index (κ1) is 20.9. The van der Waals surface area contributed by atoms with Gasteiger partial charge in [-0.3, -0.25) is 4.79 Å². The van der Waals surface area contributed by atoms with E-state index in [1.54, 1.807) is 19.9 Å². The van der Waals surface area contributed by atoms with Gasteiger partial charge < -0.3 is 15.0 Å². The third kappa shape index (κ3) is 5.28. The van der Waals surface area contributed by atoms with Crippen LogP contribution in [0.3, 0.4) is 0 Å². The summed E-state index contributed by atoms with van der Waals surface area (Å²) in [6, 6.07) is 10.6. The number of ether oxygens (including phenoxy) is 1. The molecule has 0 aliphatic carbocycles. The van der Waals surface area contributed by atoms with Crippen molar-refractivity contribution in [2.24, 2.45) is 0 Å². The van der Waals surface area contributed by atoms with Crippen LogP contribution in [0.25, 0.3) is 0 Å². The van der Waals surface area contributed by atoms with Crippen LogP contribution in [0.5, 0.6) is 0 Å². The average molecular weight is 390 g/mol. The Morgan fingerprint density at radius 1 is 1.22 bits per heavy atom. The van der Waals surface area contributed by atoms with Crippen LogP contribution < -0.4 is 5.32 Å². The summed E-state index contributed by atoms with van der Waals surface area (Å²) in [7, 11) is 3.85. The van der Waals surface area contributed by atoms with E-state index in [0.29, 0.717) is 22.8 Å². The fourth-order valence-electron chi connectivity index (χ4n) is 2.71. The minimum Gasteiger partial charge on any atom is -0.462 e. The highest BCUT2D eigenvalue weighted by atomic mass is 35.5. The summed E-state index contributed by atoms with van der Waals surface area (Å²) in [5, 5.41) is 3.54. The highest BCUT2D eigenvalue weighted by Gasteiger charge is 2.19. The second-order valence-electron chi connectivity index (χ2n) is 6.26. The monoisotopic (exact) mass is 389 g/mol. The third-order valence-electron chi connectivity index (χ3n) is 4.16. The Morgan fingerprint density at radius 2 is 1.93 bits per heavy atom. The SMILES string of the molecule is CCOC(=O)c1ccc(C(=O)NCC(c2ccccc2Cl)N(C)C)nc1C. The maximum atomic E-state index is 12.5. The van der Waals surface area contributed by atoms with Crippen molar-refractivity contribution in [1.29, 1.82) is 0 Å². The van der Waals surface area contributed by atoms with Crippen LogP contribution in [-0.2, 0) is 4.74 Å². The molecule has 6 nitrogen and oxygen atoms in total. The van der Waals surface area contributed by atoms with Crippen molar-refractivity contribution in [1.82, 2.24) is 15.2 Å². The van der Waals surface area contributed by atoms with Gasteiger partial charge in [0, 0.05) is 11.6 Å². The number of carbonyl (C=O) groups excluding carboxylic acids is 2. The molecule has 0 saturated heterocycles. The fraction of sp³-hybridized carbons (Fsp3) is 0.350. The van der Waals surface area contributed by atoms with Gasteiger partial charge >= 0.3 is 5.97 Å². The molecule has 2 rings (SSSR count). The number of nitrogens with zero attached hydrogens (tertiary/aromatic N) is 2. The molecule has 0 bridgehead atoms. The number of amides is 1. The van der Waals surface area contributed by atoms with Gasteiger partial charge in [-0.2, -0.15) is 0 Å². The van der Waals surface area contributed by atoms with E-state index >= 15 is 0 Å². The Balaban J connectivity index is 2.11. The Morgan fingerprint density at radius 3 is 2.52 bits per heavy atom. The Kier molecular flexibility index (Phi) is 7.33. The lowest BCUT2D eigenvalue weighted by atomic mass is 10.1. The number of aryl methyl sites for hydroxylation is 1. The maximum Gasteiger partial charge on any atom is 0.339 e. The zero-order valence-corrected chi connectivity index (χ0v) is 16.7. The summed E-state index contributed by atoms with van der Waals surface area (Å²) >= 11 is 6.29. The molecule has 1 N–H and O–H groups in total. The second-order valence-corrected chi connectivity index (χ2v) is 6.67. The second kappa shape index (κ2) is 9.48. The van der Waals surface area contributed by atoms with Crippen molar-refractivity contribution in [2.75, 3.05) is 27.2 Å². The lowest BCUT2D eigenvalue weighted by Crippen LogP contribution is -2.35. The van der Waals surface area contributed by atoms with E-state index in [9.17, 15) is 9.59 Å². The highest BCUT2D eigenvalue weighted by molar-refractivity contribution is 6.31. The van der Waals surface area contributed by atoms with Gasteiger partial charge in [0.1, 0.15) is 5.69 Å². The van der Waals surface area contributed by atoms with E-state index in [1.165, 1.54) is 6.07 Å². The smallest absolute Gasteiger partial charge is 0.339 e. The number of likely N-dealkylation sites (N-methyl/N-ethyl adjacent to an activating group) is 1. The van der Waals surface area contributed by atoms with E-state index in [0.717, 1.165) is 5.56 Å². The summed E-state index contributed by atoms with van der Waals surface area (Å²) in [4.78, 5) is 30.6. The Labute approximate surface area is 164 Å². The highest BCUT2D eigenvalue weighted by Crippen LogP contribution is 2.25. The van der Waals surface area contributed by atoms with E-state index in [-0.39, 0.29) is 24.2 Å². The standard InChI is InChI=1S/C20H24ClN3O3/c1-5-27-20(26)14-10-11-17(23-13(14)2)19(25)22-12-18(24(3)4)15-8-6-7-9-16(15)21/h6-11,18H,5,12H2,1-4H3,(H,22,25). The van der Waals surface area contributed by atoms with Crippen LogP contribution in [-0.4, -0.2) is 49.0 Å². The Bertz CT molecular complexity index is 824. The number of halogens is 1. The summed E-state index contributed by atoms with van der Waals surface area (Å²) in [6.45, 7) is 4.07. The molecule has 1 unspecified atom stereocenters. The number of esters is 1. The van der Waals surface area contributed by atoms with Gasteiger partial charge in [0.2, 0.25) is 0 Å². The first-order valence-electron chi connectivity index (χ1n) is 8.69. The zero-order valence-electron chi connectivity index (χ0n) is 16.0. The molecule has 0 radical (unpaired) electrons. The van der Waals surface area contributed by atoms with Gasteiger partial charge in [-0.05, 0) is 51.7 Å². The number of benzene rings is 1. The fourth-order valence-corrected chi connectivity index (χ4v) is 2.97. The Hall–Kier alpha value is -2.44. The largest absolute Gasteiger partial charge is 0.462 e.